The summed E-state index contributed by atoms with van der Waals surface area (Å²) >= 11 is 1.72. The average molecular weight is 301 g/mol. The molecule has 0 aliphatic heterocycles. The molecule has 0 fully saturated rings. The molecule has 2 aromatic rings. The van der Waals surface area contributed by atoms with Crippen molar-refractivity contribution < 1.29 is 4.74 Å². The van der Waals surface area contributed by atoms with Gasteiger partial charge in [-0.25, -0.2) is 0 Å². The van der Waals surface area contributed by atoms with E-state index in [1.54, 1.807) is 11.8 Å². The van der Waals surface area contributed by atoms with E-state index in [2.05, 4.69) is 48.8 Å². The Morgan fingerprint density at radius 3 is 2.48 bits per heavy atom. The number of rotatable bonds is 8. The number of nitrogens with one attached hydrogen (secondary N) is 1. The van der Waals surface area contributed by atoms with Crippen LogP contribution in [0, 0.1) is 0 Å². The van der Waals surface area contributed by atoms with Crippen LogP contribution in [0.15, 0.2) is 59.5 Å². The van der Waals surface area contributed by atoms with Gasteiger partial charge in [-0.2, -0.15) is 0 Å². The van der Waals surface area contributed by atoms with Crippen molar-refractivity contribution in [2.75, 3.05) is 19.3 Å². The summed E-state index contributed by atoms with van der Waals surface area (Å²) in [6, 6.07) is 18.6. The molecule has 1 N–H and O–H groups in total. The Balaban J connectivity index is 2.15. The molecule has 0 spiro atoms. The van der Waals surface area contributed by atoms with Gasteiger partial charge in [0, 0.05) is 11.4 Å². The van der Waals surface area contributed by atoms with E-state index in [4.69, 9.17) is 4.74 Å². The smallest absolute Gasteiger partial charge is 0.136 e. The lowest BCUT2D eigenvalue weighted by Gasteiger charge is -2.21. The van der Waals surface area contributed by atoms with Gasteiger partial charge in [-0.05, 0) is 36.9 Å². The summed E-state index contributed by atoms with van der Waals surface area (Å²) in [4.78, 5) is 1.17. The quantitative estimate of drug-likeness (QED) is 0.572. The van der Waals surface area contributed by atoms with Crippen LogP contribution < -0.4 is 10.1 Å². The number of hydrogen-bond donors (Lipinski definition) is 1. The van der Waals surface area contributed by atoms with Crippen molar-refractivity contribution >= 4 is 11.8 Å². The molecule has 0 saturated heterocycles. The molecule has 0 aromatic heterocycles. The molecule has 0 heterocycles. The van der Waals surface area contributed by atoms with Crippen LogP contribution in [0.2, 0.25) is 0 Å². The highest BCUT2D eigenvalue weighted by molar-refractivity contribution is 7.98. The van der Waals surface area contributed by atoms with Crippen LogP contribution in [0.3, 0.4) is 0 Å². The van der Waals surface area contributed by atoms with Crippen LogP contribution in [0.4, 0.5) is 0 Å². The van der Waals surface area contributed by atoms with E-state index >= 15 is 0 Å². The van der Waals surface area contributed by atoms with E-state index in [1.165, 1.54) is 10.5 Å². The predicted octanol–water partition coefficient (Wildman–Crippen LogP) is 4.53. The molecule has 2 nitrogen and oxygen atoms in total. The van der Waals surface area contributed by atoms with Crippen molar-refractivity contribution in [3.8, 4) is 5.75 Å². The van der Waals surface area contributed by atoms with Gasteiger partial charge in [0.05, 0.1) is 0 Å². The highest BCUT2D eigenvalue weighted by atomic mass is 32.2. The van der Waals surface area contributed by atoms with Gasteiger partial charge in [-0.15, -0.1) is 11.8 Å². The van der Waals surface area contributed by atoms with Crippen molar-refractivity contribution in [1.29, 1.82) is 0 Å². The molecular formula is C18H23NOS. The Morgan fingerprint density at radius 1 is 1.05 bits per heavy atom. The van der Waals surface area contributed by atoms with Gasteiger partial charge in [0.1, 0.15) is 11.9 Å². The first-order chi connectivity index (χ1) is 10.3. The lowest BCUT2D eigenvalue weighted by molar-refractivity contribution is 0.197. The molecule has 0 amide bonds. The molecule has 0 bridgehead atoms. The van der Waals surface area contributed by atoms with E-state index in [1.807, 2.05) is 24.3 Å². The maximum atomic E-state index is 6.29. The molecule has 1 unspecified atom stereocenters. The third kappa shape index (κ3) is 4.80. The summed E-state index contributed by atoms with van der Waals surface area (Å²) in [5.41, 5.74) is 1.21. The van der Waals surface area contributed by atoms with Gasteiger partial charge < -0.3 is 10.1 Å². The summed E-state index contributed by atoms with van der Waals surface area (Å²) in [5.74, 6) is 0.956. The molecule has 0 aliphatic carbocycles. The zero-order valence-corrected chi connectivity index (χ0v) is 13.5. The third-order valence-electron chi connectivity index (χ3n) is 3.27. The number of ether oxygens (including phenoxy) is 1. The standard InChI is InChI=1S/C18H23NOS/c1-3-13-19-14-17(15-9-5-4-6-10-15)20-16-11-7-8-12-18(16)21-2/h4-12,17,19H,3,13-14H2,1-2H3. The summed E-state index contributed by atoms with van der Waals surface area (Å²) in [6.45, 7) is 4.01. The van der Waals surface area contributed by atoms with Gasteiger partial charge in [0.2, 0.25) is 0 Å². The van der Waals surface area contributed by atoms with Crippen molar-refractivity contribution in [1.82, 2.24) is 5.32 Å². The Hall–Kier alpha value is -1.45. The molecule has 2 rings (SSSR count). The third-order valence-corrected chi connectivity index (χ3v) is 4.04. The molecule has 3 heteroatoms. The fourth-order valence-corrected chi connectivity index (χ4v) is 2.71. The number of thioether (sulfide) groups is 1. The first-order valence-electron chi connectivity index (χ1n) is 7.40. The fourth-order valence-electron chi connectivity index (χ4n) is 2.17. The number of para-hydroxylation sites is 1. The molecular weight excluding hydrogens is 278 g/mol. The van der Waals surface area contributed by atoms with E-state index in [0.29, 0.717) is 0 Å². The van der Waals surface area contributed by atoms with Crippen molar-refractivity contribution in [3.05, 3.63) is 60.2 Å². The lowest BCUT2D eigenvalue weighted by atomic mass is 10.1. The van der Waals surface area contributed by atoms with Crippen molar-refractivity contribution in [2.24, 2.45) is 0 Å². The second-order valence-corrected chi connectivity index (χ2v) is 5.72. The first-order valence-corrected chi connectivity index (χ1v) is 8.63. The minimum Gasteiger partial charge on any atom is -0.483 e. The second-order valence-electron chi connectivity index (χ2n) is 4.87. The van der Waals surface area contributed by atoms with Gasteiger partial charge in [-0.1, -0.05) is 49.4 Å². The molecule has 2 aromatic carbocycles. The van der Waals surface area contributed by atoms with Crippen molar-refractivity contribution in [2.45, 2.75) is 24.3 Å². The van der Waals surface area contributed by atoms with E-state index < -0.39 is 0 Å². The Bertz CT molecular complexity index is 530. The predicted molar refractivity (Wildman–Crippen MR) is 91.2 cm³/mol. The number of hydrogen-bond acceptors (Lipinski definition) is 3. The summed E-state index contributed by atoms with van der Waals surface area (Å²) in [7, 11) is 0. The van der Waals surface area contributed by atoms with Crippen molar-refractivity contribution in [3.63, 3.8) is 0 Å². The zero-order valence-electron chi connectivity index (χ0n) is 12.7. The Labute approximate surface area is 131 Å². The minimum atomic E-state index is 0.0334. The van der Waals surface area contributed by atoms with Crippen LogP contribution >= 0.6 is 11.8 Å². The van der Waals surface area contributed by atoms with Crippen LogP contribution in [0.1, 0.15) is 25.0 Å². The fraction of sp³-hybridized carbons (Fsp3) is 0.333. The molecule has 21 heavy (non-hydrogen) atoms. The SMILES string of the molecule is CCCNCC(Oc1ccccc1SC)c1ccccc1. The van der Waals surface area contributed by atoms with E-state index in [-0.39, 0.29) is 6.10 Å². The largest absolute Gasteiger partial charge is 0.483 e. The summed E-state index contributed by atoms with van der Waals surface area (Å²) in [5, 5.41) is 3.46. The van der Waals surface area contributed by atoms with Crippen LogP contribution in [0.25, 0.3) is 0 Å². The maximum absolute atomic E-state index is 6.29. The minimum absolute atomic E-state index is 0.0334. The molecule has 112 valence electrons. The summed E-state index contributed by atoms with van der Waals surface area (Å²) in [6.07, 6.45) is 3.24. The van der Waals surface area contributed by atoms with Gasteiger partial charge in [0.15, 0.2) is 0 Å². The monoisotopic (exact) mass is 301 g/mol. The van der Waals surface area contributed by atoms with Crippen LogP contribution in [-0.4, -0.2) is 19.3 Å². The molecule has 0 saturated carbocycles. The number of benzene rings is 2. The van der Waals surface area contributed by atoms with Crippen LogP contribution in [-0.2, 0) is 0 Å². The first kappa shape index (κ1) is 15.9. The van der Waals surface area contributed by atoms with Gasteiger partial charge >= 0.3 is 0 Å². The highest BCUT2D eigenvalue weighted by Crippen LogP contribution is 2.30. The highest BCUT2D eigenvalue weighted by Gasteiger charge is 2.14. The average Bonchev–Trinajstić information content (AvgIpc) is 2.55. The second kappa shape index (κ2) is 8.75. The normalized spacial score (nSPS) is 12.1. The van der Waals surface area contributed by atoms with E-state index in [9.17, 15) is 0 Å². The van der Waals surface area contributed by atoms with Gasteiger partial charge in [-0.3, -0.25) is 0 Å². The topological polar surface area (TPSA) is 21.3 Å². The Kier molecular flexibility index (Phi) is 6.64. The van der Waals surface area contributed by atoms with Crippen LogP contribution in [0.5, 0.6) is 5.75 Å². The Morgan fingerprint density at radius 2 is 1.76 bits per heavy atom. The zero-order chi connectivity index (χ0) is 14.9. The van der Waals surface area contributed by atoms with Gasteiger partial charge in [0.25, 0.3) is 0 Å². The maximum Gasteiger partial charge on any atom is 0.136 e. The lowest BCUT2D eigenvalue weighted by Crippen LogP contribution is -2.25. The molecule has 0 aliphatic rings. The molecule has 0 radical (unpaired) electrons. The van der Waals surface area contributed by atoms with E-state index in [0.717, 1.165) is 25.3 Å². The molecule has 1 atom stereocenters. The summed E-state index contributed by atoms with van der Waals surface area (Å²) < 4.78 is 6.29.